The van der Waals surface area contributed by atoms with Crippen LogP contribution in [0.5, 0.6) is 0 Å². The van der Waals surface area contributed by atoms with Crippen LogP contribution < -0.4 is 0 Å². The molecule has 0 aromatic carbocycles. The molecule has 5 rings (SSSR count). The van der Waals surface area contributed by atoms with Gasteiger partial charge < -0.3 is 9.72 Å². The average Bonchev–Trinajstić information content (AvgIpc) is 3.43. The first-order chi connectivity index (χ1) is 14.6. The third kappa shape index (κ3) is 3.17. The van der Waals surface area contributed by atoms with Crippen LogP contribution >= 0.6 is 11.3 Å². The first-order valence-electron chi connectivity index (χ1n) is 11.0. The van der Waals surface area contributed by atoms with Crippen LogP contribution in [0.25, 0.3) is 27.1 Å². The number of aryl methyl sites for hydroxylation is 1. The van der Waals surface area contributed by atoms with E-state index in [0.717, 1.165) is 11.2 Å². The summed E-state index contributed by atoms with van der Waals surface area (Å²) in [5.74, 6) is 1.09. The number of hydrogen-bond donors (Lipinski definition) is 1. The Balaban J connectivity index is 1.72. The summed E-state index contributed by atoms with van der Waals surface area (Å²) in [6.45, 7) is 7.37. The van der Waals surface area contributed by atoms with Gasteiger partial charge in [-0.2, -0.15) is 5.10 Å². The van der Waals surface area contributed by atoms with Crippen molar-refractivity contribution in [2.45, 2.75) is 71.3 Å². The highest BCUT2D eigenvalue weighted by atomic mass is 32.1. The minimum Gasteiger partial charge on any atom is -0.380 e. The van der Waals surface area contributed by atoms with Crippen molar-refractivity contribution >= 4 is 27.2 Å². The van der Waals surface area contributed by atoms with Gasteiger partial charge in [-0.1, -0.05) is 33.1 Å². The van der Waals surface area contributed by atoms with Crippen LogP contribution in [0.4, 0.5) is 0 Å². The Morgan fingerprint density at radius 2 is 2.07 bits per heavy atom. The van der Waals surface area contributed by atoms with Gasteiger partial charge in [0.1, 0.15) is 11.2 Å². The number of pyridine rings is 1. The third-order valence-electron chi connectivity index (χ3n) is 6.51. The molecule has 4 aromatic heterocycles. The van der Waals surface area contributed by atoms with Gasteiger partial charge >= 0.3 is 0 Å². The van der Waals surface area contributed by atoms with Crippen LogP contribution in [0, 0.1) is 6.92 Å². The average molecular weight is 423 g/mol. The Morgan fingerprint density at radius 3 is 2.80 bits per heavy atom. The summed E-state index contributed by atoms with van der Waals surface area (Å²) in [6, 6.07) is 2.23. The van der Waals surface area contributed by atoms with Crippen LogP contribution in [0.3, 0.4) is 0 Å². The van der Waals surface area contributed by atoms with E-state index in [2.05, 4.69) is 48.1 Å². The lowest BCUT2D eigenvalue weighted by molar-refractivity contribution is 0.185. The molecule has 0 spiro atoms. The molecule has 30 heavy (non-hydrogen) atoms. The Labute approximate surface area is 181 Å². The molecule has 0 radical (unpaired) electrons. The molecule has 1 aliphatic rings. The largest absolute Gasteiger partial charge is 0.380 e. The van der Waals surface area contributed by atoms with Crippen molar-refractivity contribution in [1.82, 2.24) is 19.6 Å². The Bertz CT molecular complexity index is 1190. The van der Waals surface area contributed by atoms with Crippen molar-refractivity contribution in [3.8, 4) is 11.3 Å². The molecule has 1 N–H and O–H groups in total. The van der Waals surface area contributed by atoms with E-state index in [0.29, 0.717) is 18.4 Å². The van der Waals surface area contributed by atoms with Crippen LogP contribution in [0.1, 0.15) is 79.4 Å². The van der Waals surface area contributed by atoms with E-state index < -0.39 is 0 Å². The number of rotatable bonds is 5. The molecule has 0 aliphatic heterocycles. The van der Waals surface area contributed by atoms with Gasteiger partial charge in [0.25, 0.3) is 0 Å². The number of aromatic nitrogens is 4. The highest BCUT2D eigenvalue weighted by Crippen LogP contribution is 2.47. The van der Waals surface area contributed by atoms with Gasteiger partial charge in [-0.3, -0.25) is 0 Å². The van der Waals surface area contributed by atoms with E-state index in [1.165, 1.54) is 64.7 Å². The minimum absolute atomic E-state index is 0.407. The first kappa shape index (κ1) is 19.8. The Kier molecular flexibility index (Phi) is 5.15. The van der Waals surface area contributed by atoms with E-state index in [-0.39, 0.29) is 0 Å². The lowest BCUT2D eigenvalue weighted by Crippen LogP contribution is -2.06. The van der Waals surface area contributed by atoms with Gasteiger partial charge in [0, 0.05) is 34.7 Å². The van der Waals surface area contributed by atoms with Crippen molar-refractivity contribution in [2.24, 2.45) is 0 Å². The van der Waals surface area contributed by atoms with E-state index in [1.807, 2.05) is 23.0 Å². The molecule has 5 nitrogen and oxygen atoms in total. The zero-order valence-corrected chi connectivity index (χ0v) is 19.1. The number of methoxy groups -OCH3 is 1. The fourth-order valence-corrected chi connectivity index (χ4v) is 6.57. The molecule has 1 saturated carbocycles. The van der Waals surface area contributed by atoms with Gasteiger partial charge in [0.15, 0.2) is 5.65 Å². The van der Waals surface area contributed by atoms with Gasteiger partial charge in [0.2, 0.25) is 0 Å². The van der Waals surface area contributed by atoms with Crippen molar-refractivity contribution in [2.75, 3.05) is 7.11 Å². The highest BCUT2D eigenvalue weighted by Gasteiger charge is 2.27. The molecule has 6 heteroatoms. The highest BCUT2D eigenvalue weighted by molar-refractivity contribution is 7.19. The molecule has 4 heterocycles. The molecule has 1 aliphatic carbocycles. The molecule has 0 bridgehead atoms. The van der Waals surface area contributed by atoms with E-state index in [4.69, 9.17) is 4.74 Å². The van der Waals surface area contributed by atoms with E-state index in [9.17, 15) is 0 Å². The van der Waals surface area contributed by atoms with Crippen LogP contribution in [-0.4, -0.2) is 26.7 Å². The van der Waals surface area contributed by atoms with Gasteiger partial charge in [-0.25, -0.2) is 9.50 Å². The van der Waals surface area contributed by atoms with Crippen molar-refractivity contribution in [3.05, 3.63) is 40.2 Å². The van der Waals surface area contributed by atoms with E-state index >= 15 is 0 Å². The SMILES string of the molecule is COCc1c(C2CCCCC2)sc2[nH]c(-c3cc(C)c4ncnn4c3)c(C(C)C)c12. The smallest absolute Gasteiger partial charge is 0.158 e. The summed E-state index contributed by atoms with van der Waals surface area (Å²) >= 11 is 1.96. The second kappa shape index (κ2) is 7.82. The second-order valence-electron chi connectivity index (χ2n) is 8.93. The number of aromatic amines is 1. The number of hydrogen-bond acceptors (Lipinski definition) is 4. The molecule has 0 unspecified atom stereocenters. The number of nitrogens with zero attached hydrogens (tertiary/aromatic N) is 3. The second-order valence-corrected chi connectivity index (χ2v) is 9.98. The third-order valence-corrected chi connectivity index (χ3v) is 7.82. The summed E-state index contributed by atoms with van der Waals surface area (Å²) in [7, 11) is 1.82. The molecule has 0 amide bonds. The van der Waals surface area contributed by atoms with Gasteiger partial charge in [-0.05, 0) is 48.8 Å². The molecular formula is C24H30N4OS. The molecule has 1 fully saturated rings. The van der Waals surface area contributed by atoms with Crippen molar-refractivity contribution in [1.29, 1.82) is 0 Å². The van der Waals surface area contributed by atoms with Crippen LogP contribution in [-0.2, 0) is 11.3 Å². The number of H-pyrrole nitrogens is 1. The normalized spacial score (nSPS) is 15.8. The van der Waals surface area contributed by atoms with Crippen LogP contribution in [0.15, 0.2) is 18.6 Å². The maximum Gasteiger partial charge on any atom is 0.158 e. The number of thiophene rings is 1. The summed E-state index contributed by atoms with van der Waals surface area (Å²) in [5, 5.41) is 5.77. The number of ether oxygens (including phenoxy) is 1. The molecule has 158 valence electrons. The van der Waals surface area contributed by atoms with Crippen LogP contribution in [0.2, 0.25) is 0 Å². The summed E-state index contributed by atoms with van der Waals surface area (Å²) in [4.78, 5) is 11.0. The Hall–Kier alpha value is -2.18. The topological polar surface area (TPSA) is 55.2 Å². The summed E-state index contributed by atoms with van der Waals surface area (Å²) in [5.41, 5.74) is 7.23. The van der Waals surface area contributed by atoms with Gasteiger partial charge in [-0.15, -0.1) is 11.3 Å². The predicted molar refractivity (Wildman–Crippen MR) is 124 cm³/mol. The minimum atomic E-state index is 0.407. The lowest BCUT2D eigenvalue weighted by Gasteiger charge is -2.22. The van der Waals surface area contributed by atoms with Gasteiger partial charge in [0.05, 0.1) is 12.3 Å². The molecule has 0 saturated heterocycles. The maximum absolute atomic E-state index is 5.71. The first-order valence-corrected chi connectivity index (χ1v) is 11.9. The molecular weight excluding hydrogens is 392 g/mol. The zero-order chi connectivity index (χ0) is 20.8. The monoisotopic (exact) mass is 422 g/mol. The van der Waals surface area contributed by atoms with E-state index in [1.54, 1.807) is 11.2 Å². The standard InChI is InChI=1S/C24H30N4OS/c1-14(2)19-20-18(12-29-4)22(16-8-6-5-7-9-16)30-24(20)27-21(19)17-10-15(3)23-25-13-26-28(23)11-17/h10-11,13-14,16,27H,5-9,12H2,1-4H3. The summed E-state index contributed by atoms with van der Waals surface area (Å²) < 4.78 is 7.59. The fourth-order valence-electron chi connectivity index (χ4n) is 5.18. The summed E-state index contributed by atoms with van der Waals surface area (Å²) in [6.07, 6.45) is 10.4. The zero-order valence-electron chi connectivity index (χ0n) is 18.3. The molecule has 0 atom stereocenters. The molecule has 4 aromatic rings. The van der Waals surface area contributed by atoms with Crippen molar-refractivity contribution < 1.29 is 4.74 Å². The predicted octanol–water partition coefficient (Wildman–Crippen LogP) is 6.57. The van der Waals surface area contributed by atoms with Crippen molar-refractivity contribution in [3.63, 3.8) is 0 Å². The fraction of sp³-hybridized carbons (Fsp3) is 0.500. The quantitative estimate of drug-likeness (QED) is 0.396. The lowest BCUT2D eigenvalue weighted by atomic mass is 9.86. The maximum atomic E-state index is 5.71. The number of fused-ring (bicyclic) bond motifs is 2. The Morgan fingerprint density at radius 1 is 1.27 bits per heavy atom. The number of nitrogens with one attached hydrogen (secondary N) is 1.